The smallest absolute Gasteiger partial charge is 0.227 e. The lowest BCUT2D eigenvalue weighted by molar-refractivity contribution is -0.120. The third-order valence-electron chi connectivity index (χ3n) is 5.50. The second kappa shape index (κ2) is 8.80. The highest BCUT2D eigenvalue weighted by Crippen LogP contribution is 2.32. The first-order valence-electron chi connectivity index (χ1n) is 9.74. The van der Waals surface area contributed by atoms with E-state index in [4.69, 9.17) is 11.6 Å². The standard InChI is InChI=1S/C19H28ClN3O3S/c1-2-27(25,26)23-12-8-15(9-13-23)19(24)21-17-14-16(20)6-7-18(17)22-10-4-3-5-11-22/h6-7,14-15H,2-5,8-13H2,1H3,(H,21,24). The number of piperidine rings is 2. The summed E-state index contributed by atoms with van der Waals surface area (Å²) in [5.41, 5.74) is 1.76. The molecule has 1 aromatic carbocycles. The maximum atomic E-state index is 12.8. The SMILES string of the molecule is CCS(=O)(=O)N1CCC(C(=O)Nc2cc(Cl)ccc2N2CCCCC2)CC1. The second-order valence-electron chi connectivity index (χ2n) is 7.27. The molecule has 27 heavy (non-hydrogen) atoms. The number of carbonyl (C=O) groups is 1. The van der Waals surface area contributed by atoms with Crippen molar-refractivity contribution in [3.63, 3.8) is 0 Å². The van der Waals surface area contributed by atoms with Gasteiger partial charge in [0.2, 0.25) is 15.9 Å². The van der Waals surface area contributed by atoms with Crippen molar-refractivity contribution in [2.24, 2.45) is 5.92 Å². The van der Waals surface area contributed by atoms with Gasteiger partial charge in [0, 0.05) is 37.1 Å². The summed E-state index contributed by atoms with van der Waals surface area (Å²) in [6, 6.07) is 5.63. The van der Waals surface area contributed by atoms with E-state index in [0.717, 1.165) is 37.3 Å². The van der Waals surface area contributed by atoms with E-state index in [1.807, 2.05) is 12.1 Å². The van der Waals surface area contributed by atoms with Crippen LogP contribution >= 0.6 is 11.6 Å². The van der Waals surface area contributed by atoms with E-state index in [2.05, 4.69) is 10.2 Å². The van der Waals surface area contributed by atoms with Gasteiger partial charge in [-0.3, -0.25) is 4.79 Å². The highest BCUT2D eigenvalue weighted by Gasteiger charge is 2.30. The Morgan fingerprint density at radius 2 is 1.81 bits per heavy atom. The highest BCUT2D eigenvalue weighted by atomic mass is 35.5. The Bertz CT molecular complexity index is 770. The van der Waals surface area contributed by atoms with Crippen LogP contribution in [0, 0.1) is 5.92 Å². The maximum Gasteiger partial charge on any atom is 0.227 e. The molecule has 2 heterocycles. The van der Waals surface area contributed by atoms with Gasteiger partial charge in [-0.15, -0.1) is 0 Å². The molecule has 0 aromatic heterocycles. The van der Waals surface area contributed by atoms with E-state index in [1.54, 1.807) is 13.0 Å². The van der Waals surface area contributed by atoms with Crippen molar-refractivity contribution in [1.29, 1.82) is 0 Å². The molecule has 150 valence electrons. The third kappa shape index (κ3) is 4.95. The number of sulfonamides is 1. The highest BCUT2D eigenvalue weighted by molar-refractivity contribution is 7.89. The van der Waals surface area contributed by atoms with Crippen molar-refractivity contribution < 1.29 is 13.2 Å². The van der Waals surface area contributed by atoms with Gasteiger partial charge in [-0.1, -0.05) is 11.6 Å². The normalized spacial score (nSPS) is 19.9. The summed E-state index contributed by atoms with van der Waals surface area (Å²) in [4.78, 5) is 15.1. The molecule has 6 nitrogen and oxygen atoms in total. The zero-order valence-electron chi connectivity index (χ0n) is 15.8. The van der Waals surface area contributed by atoms with Crippen LogP contribution in [0.2, 0.25) is 5.02 Å². The van der Waals surface area contributed by atoms with Crippen LogP contribution in [0.5, 0.6) is 0 Å². The summed E-state index contributed by atoms with van der Waals surface area (Å²) in [7, 11) is -3.18. The number of carbonyl (C=O) groups excluding carboxylic acids is 1. The van der Waals surface area contributed by atoms with Crippen LogP contribution in [-0.2, 0) is 14.8 Å². The van der Waals surface area contributed by atoms with E-state index < -0.39 is 10.0 Å². The topological polar surface area (TPSA) is 69.7 Å². The summed E-state index contributed by atoms with van der Waals surface area (Å²) in [6.45, 7) is 4.43. The molecule has 0 unspecified atom stereocenters. The van der Waals surface area contributed by atoms with Crippen molar-refractivity contribution >= 4 is 38.9 Å². The Morgan fingerprint density at radius 3 is 2.44 bits per heavy atom. The van der Waals surface area contributed by atoms with Gasteiger partial charge in [-0.2, -0.15) is 0 Å². The largest absolute Gasteiger partial charge is 0.370 e. The molecule has 1 amide bonds. The lowest BCUT2D eigenvalue weighted by Gasteiger charge is -2.32. The molecule has 1 aromatic rings. The van der Waals surface area contributed by atoms with Crippen molar-refractivity contribution in [2.45, 2.75) is 39.0 Å². The van der Waals surface area contributed by atoms with E-state index in [0.29, 0.717) is 31.0 Å². The molecule has 0 aliphatic carbocycles. The fourth-order valence-corrected chi connectivity index (χ4v) is 5.14. The van der Waals surface area contributed by atoms with Crippen LogP contribution in [0.25, 0.3) is 0 Å². The number of rotatable bonds is 5. The number of anilines is 2. The Morgan fingerprint density at radius 1 is 1.15 bits per heavy atom. The Kier molecular flexibility index (Phi) is 6.65. The van der Waals surface area contributed by atoms with Gasteiger partial charge in [-0.05, 0) is 57.2 Å². The van der Waals surface area contributed by atoms with E-state index in [9.17, 15) is 13.2 Å². The van der Waals surface area contributed by atoms with Gasteiger partial charge in [0.1, 0.15) is 0 Å². The van der Waals surface area contributed by atoms with E-state index in [-0.39, 0.29) is 17.6 Å². The lowest BCUT2D eigenvalue weighted by atomic mass is 9.97. The fourth-order valence-electron chi connectivity index (χ4n) is 3.83. The van der Waals surface area contributed by atoms with E-state index in [1.165, 1.54) is 10.7 Å². The zero-order chi connectivity index (χ0) is 19.4. The molecule has 0 spiro atoms. The summed E-state index contributed by atoms with van der Waals surface area (Å²) < 4.78 is 25.5. The number of hydrogen-bond acceptors (Lipinski definition) is 4. The van der Waals surface area contributed by atoms with Crippen molar-refractivity contribution in [3.8, 4) is 0 Å². The molecule has 2 fully saturated rings. The average Bonchev–Trinajstić information content (AvgIpc) is 2.69. The number of halogens is 1. The van der Waals surface area contributed by atoms with Crippen LogP contribution in [0.4, 0.5) is 11.4 Å². The zero-order valence-corrected chi connectivity index (χ0v) is 17.4. The average molecular weight is 414 g/mol. The van der Waals surface area contributed by atoms with Crippen molar-refractivity contribution in [3.05, 3.63) is 23.2 Å². The lowest BCUT2D eigenvalue weighted by Crippen LogP contribution is -2.42. The number of hydrogen-bond donors (Lipinski definition) is 1. The minimum atomic E-state index is -3.18. The van der Waals surface area contributed by atoms with E-state index >= 15 is 0 Å². The summed E-state index contributed by atoms with van der Waals surface area (Å²) >= 11 is 6.17. The van der Waals surface area contributed by atoms with Crippen LogP contribution in [0.3, 0.4) is 0 Å². The monoisotopic (exact) mass is 413 g/mol. The summed E-state index contributed by atoms with van der Waals surface area (Å²) in [6.07, 6.45) is 4.64. The Balaban J connectivity index is 1.67. The molecule has 0 saturated carbocycles. The predicted molar refractivity (Wildman–Crippen MR) is 110 cm³/mol. The molecular formula is C19H28ClN3O3S. The Labute approximate surface area is 166 Å². The molecule has 2 aliphatic heterocycles. The summed E-state index contributed by atoms with van der Waals surface area (Å²) in [5, 5.41) is 3.65. The number of amides is 1. The Hall–Kier alpha value is -1.31. The van der Waals surface area contributed by atoms with Gasteiger partial charge in [0.05, 0.1) is 17.1 Å². The number of nitrogens with zero attached hydrogens (tertiary/aromatic N) is 2. The molecule has 2 aliphatic rings. The molecule has 3 rings (SSSR count). The second-order valence-corrected chi connectivity index (χ2v) is 9.97. The third-order valence-corrected chi connectivity index (χ3v) is 7.61. The first-order chi connectivity index (χ1) is 12.9. The quantitative estimate of drug-likeness (QED) is 0.803. The van der Waals surface area contributed by atoms with Gasteiger partial charge in [0.25, 0.3) is 0 Å². The predicted octanol–water partition coefficient (Wildman–Crippen LogP) is 3.33. The van der Waals surface area contributed by atoms with Crippen molar-refractivity contribution in [1.82, 2.24) is 4.31 Å². The molecule has 0 bridgehead atoms. The van der Waals surface area contributed by atoms with Gasteiger partial charge >= 0.3 is 0 Å². The molecule has 8 heteroatoms. The first-order valence-corrected chi connectivity index (χ1v) is 11.7. The molecular weight excluding hydrogens is 386 g/mol. The van der Waals surface area contributed by atoms with Crippen molar-refractivity contribution in [2.75, 3.05) is 42.1 Å². The van der Waals surface area contributed by atoms with Crippen LogP contribution in [0.1, 0.15) is 39.0 Å². The molecule has 0 atom stereocenters. The number of benzene rings is 1. The molecule has 2 saturated heterocycles. The number of nitrogens with one attached hydrogen (secondary N) is 1. The van der Waals surface area contributed by atoms with Gasteiger partial charge in [-0.25, -0.2) is 12.7 Å². The first kappa shape index (κ1) is 20.4. The molecule has 0 radical (unpaired) electrons. The van der Waals surface area contributed by atoms with Crippen LogP contribution in [0.15, 0.2) is 18.2 Å². The summed E-state index contributed by atoms with van der Waals surface area (Å²) in [5.74, 6) is -0.128. The van der Waals surface area contributed by atoms with Crippen LogP contribution < -0.4 is 10.2 Å². The van der Waals surface area contributed by atoms with Gasteiger partial charge < -0.3 is 10.2 Å². The fraction of sp³-hybridized carbons (Fsp3) is 0.632. The van der Waals surface area contributed by atoms with Gasteiger partial charge in [0.15, 0.2) is 0 Å². The molecule has 1 N–H and O–H groups in total. The maximum absolute atomic E-state index is 12.8. The minimum absolute atomic E-state index is 0.0518. The minimum Gasteiger partial charge on any atom is -0.370 e. The van der Waals surface area contributed by atoms with Crippen LogP contribution in [-0.4, -0.2) is 50.6 Å².